The van der Waals surface area contributed by atoms with Crippen LogP contribution in [0.15, 0.2) is 146 Å². The Morgan fingerprint density at radius 3 is 0.730 bits per heavy atom. The van der Waals surface area contributed by atoms with Gasteiger partial charge in [0.15, 0.2) is 6.10 Å². The highest BCUT2D eigenvalue weighted by molar-refractivity contribution is 7.47. The summed E-state index contributed by atoms with van der Waals surface area (Å²) in [6, 6.07) is 0. The summed E-state index contributed by atoms with van der Waals surface area (Å²) in [5, 5.41) is 20.7. The van der Waals surface area contributed by atoms with Gasteiger partial charge in [-0.25, -0.2) is 9.13 Å². The van der Waals surface area contributed by atoms with Crippen LogP contribution in [0.5, 0.6) is 0 Å². The lowest BCUT2D eigenvalue weighted by Crippen LogP contribution is -2.30. The van der Waals surface area contributed by atoms with Crippen LogP contribution in [0.3, 0.4) is 0 Å². The Labute approximate surface area is 702 Å². The fraction of sp³-hybridized carbons (Fsp3) is 0.722. The van der Waals surface area contributed by atoms with Crippen molar-refractivity contribution in [1.29, 1.82) is 0 Å². The van der Waals surface area contributed by atoms with Gasteiger partial charge in [-0.2, -0.15) is 0 Å². The van der Waals surface area contributed by atoms with E-state index in [2.05, 4.69) is 167 Å². The predicted octanol–water partition coefficient (Wildman–Crippen LogP) is 28.3. The van der Waals surface area contributed by atoms with Crippen molar-refractivity contribution >= 4 is 33.6 Å². The van der Waals surface area contributed by atoms with Gasteiger partial charge in [0.1, 0.15) is 25.4 Å². The Bertz CT molecular complexity index is 2670. The summed E-state index contributed by atoms with van der Waals surface area (Å²) in [6.07, 6.45) is 112. The highest BCUT2D eigenvalue weighted by Crippen LogP contribution is 2.45. The molecule has 0 heterocycles. The smallest absolute Gasteiger partial charge is 0.463 e. The molecule has 0 fully saturated rings. The van der Waals surface area contributed by atoms with E-state index in [4.69, 9.17) is 32.3 Å². The van der Waals surface area contributed by atoms with Gasteiger partial charge < -0.3 is 34.2 Å². The number of carbonyl (C=O) groups excluding carboxylic acids is 3. The number of ether oxygens (including phenoxy) is 3. The van der Waals surface area contributed by atoms with E-state index in [1.165, 1.54) is 193 Å². The van der Waals surface area contributed by atoms with Crippen LogP contribution in [0.4, 0.5) is 0 Å². The minimum Gasteiger partial charge on any atom is -0.463 e. The molecule has 0 amide bonds. The van der Waals surface area contributed by atoms with Gasteiger partial charge in [0, 0.05) is 19.3 Å². The van der Waals surface area contributed by atoms with Gasteiger partial charge in [0.2, 0.25) is 0 Å². The van der Waals surface area contributed by atoms with Gasteiger partial charge in [-0.3, -0.25) is 32.5 Å². The third-order valence-corrected chi connectivity index (χ3v) is 21.4. The number of allylic oxidation sites excluding steroid dienone is 24. The second-order valence-electron chi connectivity index (χ2n) is 30.7. The summed E-state index contributed by atoms with van der Waals surface area (Å²) in [4.78, 5) is 58.9. The minimum atomic E-state index is -4.95. The van der Waals surface area contributed by atoms with E-state index in [-0.39, 0.29) is 19.3 Å². The van der Waals surface area contributed by atoms with E-state index in [1.54, 1.807) is 0 Å². The first-order chi connectivity index (χ1) is 56.2. The number of aliphatic hydroxyl groups is 2. The van der Waals surface area contributed by atoms with Crippen molar-refractivity contribution in [2.24, 2.45) is 0 Å². The monoisotopic (exact) mass is 1650 g/mol. The zero-order chi connectivity index (χ0) is 83.6. The molecule has 4 N–H and O–H groups in total. The first-order valence-corrected chi connectivity index (χ1v) is 49.1. The number of phosphoric acid groups is 2. The van der Waals surface area contributed by atoms with Gasteiger partial charge in [-0.1, -0.05) is 372 Å². The van der Waals surface area contributed by atoms with E-state index in [1.807, 2.05) is 0 Å². The summed E-state index contributed by atoms with van der Waals surface area (Å²) in [5.41, 5.74) is 0. The zero-order valence-corrected chi connectivity index (χ0v) is 74.7. The SMILES string of the molecule is CC/C=C\C/C=C\C/C=C\C/C=C\CCCCCCC(=O)OC(COC(=O)CCCCCCCCCCCCCCC/C=C\C/C=C\C/C=C\C/C=C\CCCCC)COP(=O)(O)OCC(O)COP(=O)(O)OCC(O)COC(=O)CCCCCCCCCCCCCCCCCCC/C=C\C/C=C\C/C=C\C/C=C\CCCCC. The number of unbranched alkanes of at least 4 members (excludes halogenated alkanes) is 40. The highest BCUT2D eigenvalue weighted by atomic mass is 31.2. The summed E-state index contributed by atoms with van der Waals surface area (Å²) in [6.45, 7) is 2.53. The number of hydrogen-bond donors (Lipinski definition) is 4. The summed E-state index contributed by atoms with van der Waals surface area (Å²) >= 11 is 0. The number of aliphatic hydroxyl groups excluding tert-OH is 2. The van der Waals surface area contributed by atoms with Crippen molar-refractivity contribution in [3.63, 3.8) is 0 Å². The maximum atomic E-state index is 13.0. The van der Waals surface area contributed by atoms with E-state index in [9.17, 15) is 43.5 Å². The molecule has 0 saturated carbocycles. The zero-order valence-electron chi connectivity index (χ0n) is 72.9. The predicted molar refractivity (Wildman–Crippen MR) is 482 cm³/mol. The fourth-order valence-electron chi connectivity index (χ4n) is 12.5. The standard InChI is InChI=1S/C97H168O16P2/c1-4-7-10-13-16-19-22-25-28-31-33-35-37-39-41-43-44-45-46-48-50-51-53-55-57-60-62-65-68-71-74-77-80-83-95(100)107-86-92(98)87-109-114(103,104)110-88-93(99)89-111-115(105,106)112-91-94(113-97(102)85-82-79-76-73-70-67-64-59-30-27-24-21-18-15-12-9-6-3)90-108-96(101)84-81-78-75-72-69-66-63-61-58-56-54-52-49-47-42-40-38-36-34-32-29-26-23-20-17-14-11-8-5-2/h9,12,16-21,25-30,33-36,39-42,64,67,92-94,98-99H,4-8,10-11,13-15,22-24,31-32,37-38,43-63,65-66,68-91H2,1-3H3,(H,103,104)(H,105,106)/b12-9-,19-16-,20-17-,21-18-,28-25-,29-26-,30-27-,35-33-,36-34-,41-39-,42-40-,67-64-. The Morgan fingerprint density at radius 2 is 0.461 bits per heavy atom. The van der Waals surface area contributed by atoms with Crippen molar-refractivity contribution in [3.05, 3.63) is 146 Å². The molecule has 0 aliphatic rings. The molecule has 16 nitrogen and oxygen atoms in total. The molecule has 115 heavy (non-hydrogen) atoms. The molecule has 0 aromatic carbocycles. The molecule has 662 valence electrons. The maximum absolute atomic E-state index is 13.0. The Morgan fingerprint density at radius 1 is 0.252 bits per heavy atom. The average molecular weight is 1650 g/mol. The van der Waals surface area contributed by atoms with Gasteiger partial charge in [0.05, 0.1) is 26.4 Å². The fourth-order valence-corrected chi connectivity index (χ4v) is 14.1. The van der Waals surface area contributed by atoms with Crippen LogP contribution in [0, 0.1) is 0 Å². The van der Waals surface area contributed by atoms with Crippen LogP contribution < -0.4 is 0 Å². The molecule has 0 radical (unpaired) electrons. The second kappa shape index (κ2) is 88.7. The van der Waals surface area contributed by atoms with E-state index < -0.39 is 91.5 Å². The molecule has 5 atom stereocenters. The van der Waals surface area contributed by atoms with E-state index in [0.717, 1.165) is 141 Å². The number of esters is 3. The summed E-state index contributed by atoms with van der Waals surface area (Å²) < 4.78 is 61.4. The van der Waals surface area contributed by atoms with Crippen LogP contribution >= 0.6 is 15.6 Å². The lowest BCUT2D eigenvalue weighted by molar-refractivity contribution is -0.161. The first-order valence-electron chi connectivity index (χ1n) is 46.1. The second-order valence-corrected chi connectivity index (χ2v) is 33.6. The van der Waals surface area contributed by atoms with Gasteiger partial charge >= 0.3 is 33.6 Å². The topological polar surface area (TPSA) is 231 Å². The number of carbonyl (C=O) groups is 3. The lowest BCUT2D eigenvalue weighted by Gasteiger charge is -2.21. The molecule has 0 rings (SSSR count). The number of phosphoric ester groups is 2. The van der Waals surface area contributed by atoms with Crippen molar-refractivity contribution in [1.82, 2.24) is 0 Å². The minimum absolute atomic E-state index is 0.0741. The maximum Gasteiger partial charge on any atom is 0.472 e. The van der Waals surface area contributed by atoms with Crippen molar-refractivity contribution in [2.45, 2.75) is 411 Å². The van der Waals surface area contributed by atoms with Crippen LogP contribution in [0.1, 0.15) is 393 Å². The summed E-state index contributed by atoms with van der Waals surface area (Å²) in [5.74, 6) is -1.59. The molecule has 0 aromatic rings. The molecule has 5 unspecified atom stereocenters. The van der Waals surface area contributed by atoms with Crippen molar-refractivity contribution < 1.29 is 75.8 Å². The third-order valence-electron chi connectivity index (χ3n) is 19.5. The quantitative estimate of drug-likeness (QED) is 0.0146. The average Bonchev–Trinajstić information content (AvgIpc) is 0.893. The Balaban J connectivity index is 4.50. The lowest BCUT2D eigenvalue weighted by atomic mass is 10.0. The van der Waals surface area contributed by atoms with Crippen LogP contribution in [0.2, 0.25) is 0 Å². The Kier molecular flexibility index (Phi) is 85.2. The molecule has 0 saturated heterocycles. The van der Waals surface area contributed by atoms with Gasteiger partial charge in [-0.15, -0.1) is 0 Å². The number of rotatable bonds is 87. The highest BCUT2D eigenvalue weighted by Gasteiger charge is 2.29. The van der Waals surface area contributed by atoms with E-state index >= 15 is 0 Å². The van der Waals surface area contributed by atoms with Gasteiger partial charge in [-0.05, 0) is 148 Å². The largest absolute Gasteiger partial charge is 0.472 e. The first kappa shape index (κ1) is 110. The van der Waals surface area contributed by atoms with Crippen molar-refractivity contribution in [2.75, 3.05) is 39.6 Å². The van der Waals surface area contributed by atoms with Crippen LogP contribution in [0.25, 0.3) is 0 Å². The Hall–Kier alpha value is -4.57. The molecular weight excluding hydrogens is 1480 g/mol. The molecular formula is C97H168O16P2. The third kappa shape index (κ3) is 90.0. The summed E-state index contributed by atoms with van der Waals surface area (Å²) in [7, 11) is -9.81. The van der Waals surface area contributed by atoms with E-state index in [0.29, 0.717) is 19.3 Å². The normalized spacial score (nSPS) is 14.5. The molecule has 0 aliphatic carbocycles. The van der Waals surface area contributed by atoms with Gasteiger partial charge in [0.25, 0.3) is 0 Å². The molecule has 18 heteroatoms. The molecule has 0 aromatic heterocycles. The number of hydrogen-bond acceptors (Lipinski definition) is 14. The van der Waals surface area contributed by atoms with Crippen molar-refractivity contribution in [3.8, 4) is 0 Å². The molecule has 0 spiro atoms. The molecule has 0 bridgehead atoms. The molecule has 0 aliphatic heterocycles. The van der Waals surface area contributed by atoms with Crippen LogP contribution in [-0.2, 0) is 55.8 Å². The van der Waals surface area contributed by atoms with Crippen LogP contribution in [-0.4, -0.2) is 95.9 Å².